The molecule has 1 N–H and O–H groups in total. The lowest BCUT2D eigenvalue weighted by Gasteiger charge is -2.28. The Morgan fingerprint density at radius 3 is 2.62 bits per heavy atom. The van der Waals surface area contributed by atoms with Gasteiger partial charge in [0.15, 0.2) is 0 Å². The average Bonchev–Trinajstić information content (AvgIpc) is 3.06. The maximum absolute atomic E-state index is 3.69. The van der Waals surface area contributed by atoms with Crippen molar-refractivity contribution in [1.29, 1.82) is 0 Å². The van der Waals surface area contributed by atoms with Crippen molar-refractivity contribution >= 4 is 0 Å². The molecular weight excluding hydrogens is 196 g/mol. The summed E-state index contributed by atoms with van der Waals surface area (Å²) in [5.74, 6) is 0.984. The Labute approximate surface area is 101 Å². The van der Waals surface area contributed by atoms with Crippen molar-refractivity contribution in [3.63, 3.8) is 0 Å². The Morgan fingerprint density at radius 2 is 2.00 bits per heavy atom. The van der Waals surface area contributed by atoms with Crippen LogP contribution in [0.5, 0.6) is 0 Å². The molecule has 1 saturated heterocycles. The first-order valence-corrected chi connectivity index (χ1v) is 7.21. The molecule has 0 aromatic carbocycles. The number of rotatable bonds is 6. The summed E-state index contributed by atoms with van der Waals surface area (Å²) in [7, 11) is 0. The molecule has 2 fully saturated rings. The maximum atomic E-state index is 3.69. The second-order valence-electron chi connectivity index (χ2n) is 5.81. The summed E-state index contributed by atoms with van der Waals surface area (Å²) in [5.41, 5.74) is 0. The molecule has 0 bridgehead atoms. The van der Waals surface area contributed by atoms with E-state index in [1.165, 1.54) is 45.2 Å². The molecule has 0 spiro atoms. The highest BCUT2D eigenvalue weighted by Crippen LogP contribution is 2.32. The Bertz CT molecular complexity index is 213. The maximum Gasteiger partial charge on any atom is 0.0113 e. The monoisotopic (exact) mass is 224 g/mol. The molecule has 0 amide bonds. The normalized spacial score (nSPS) is 33.2. The van der Waals surface area contributed by atoms with Gasteiger partial charge in [-0.15, -0.1) is 0 Å². The summed E-state index contributed by atoms with van der Waals surface area (Å²) in [6.45, 7) is 9.49. The van der Waals surface area contributed by atoms with E-state index >= 15 is 0 Å². The van der Waals surface area contributed by atoms with Crippen LogP contribution in [0.25, 0.3) is 0 Å². The van der Waals surface area contributed by atoms with E-state index < -0.39 is 0 Å². The van der Waals surface area contributed by atoms with Gasteiger partial charge in [0.1, 0.15) is 0 Å². The minimum Gasteiger partial charge on any atom is -0.313 e. The predicted molar refractivity (Wildman–Crippen MR) is 69.7 cm³/mol. The van der Waals surface area contributed by atoms with Crippen molar-refractivity contribution in [2.24, 2.45) is 5.92 Å². The topological polar surface area (TPSA) is 15.3 Å². The number of hydrogen-bond acceptors (Lipinski definition) is 2. The van der Waals surface area contributed by atoms with E-state index in [9.17, 15) is 0 Å². The zero-order valence-electron chi connectivity index (χ0n) is 11.2. The van der Waals surface area contributed by atoms with Crippen LogP contribution in [-0.4, -0.2) is 36.1 Å². The van der Waals surface area contributed by atoms with Crippen LogP contribution in [0.4, 0.5) is 0 Å². The fraction of sp³-hybridized carbons (Fsp3) is 1.00. The minimum atomic E-state index is 0.748. The van der Waals surface area contributed by atoms with Gasteiger partial charge in [-0.2, -0.15) is 0 Å². The van der Waals surface area contributed by atoms with Gasteiger partial charge in [0.05, 0.1) is 0 Å². The van der Waals surface area contributed by atoms with Gasteiger partial charge >= 0.3 is 0 Å². The lowest BCUT2D eigenvalue weighted by atomic mass is 10.1. The number of likely N-dealkylation sites (tertiary alicyclic amines) is 1. The Kier molecular flexibility index (Phi) is 4.26. The third-order valence-corrected chi connectivity index (χ3v) is 4.59. The summed E-state index contributed by atoms with van der Waals surface area (Å²) in [6.07, 6.45) is 7.03. The molecule has 3 unspecified atom stereocenters. The molecule has 2 nitrogen and oxygen atoms in total. The quantitative estimate of drug-likeness (QED) is 0.746. The highest BCUT2D eigenvalue weighted by molar-refractivity contribution is 4.86. The summed E-state index contributed by atoms with van der Waals surface area (Å²) in [6, 6.07) is 2.41. The van der Waals surface area contributed by atoms with Gasteiger partial charge in [0.2, 0.25) is 0 Å². The van der Waals surface area contributed by atoms with E-state index in [1.54, 1.807) is 0 Å². The van der Waals surface area contributed by atoms with Crippen LogP contribution in [0.1, 0.15) is 52.9 Å². The highest BCUT2D eigenvalue weighted by Gasteiger charge is 2.30. The average molecular weight is 224 g/mol. The Hall–Kier alpha value is -0.0800. The minimum absolute atomic E-state index is 0.748. The number of nitrogens with one attached hydrogen (secondary N) is 1. The molecule has 16 heavy (non-hydrogen) atoms. The summed E-state index contributed by atoms with van der Waals surface area (Å²) < 4.78 is 0. The van der Waals surface area contributed by atoms with Crippen LogP contribution in [0, 0.1) is 5.92 Å². The van der Waals surface area contributed by atoms with Crippen LogP contribution in [0.2, 0.25) is 0 Å². The van der Waals surface area contributed by atoms with Gasteiger partial charge in [-0.1, -0.05) is 6.92 Å². The molecule has 1 saturated carbocycles. The fourth-order valence-corrected chi connectivity index (χ4v) is 3.15. The van der Waals surface area contributed by atoms with Crippen LogP contribution < -0.4 is 5.32 Å². The molecule has 94 valence electrons. The molecule has 2 aliphatic rings. The second-order valence-corrected chi connectivity index (χ2v) is 5.81. The Morgan fingerprint density at radius 1 is 1.25 bits per heavy atom. The fourth-order valence-electron chi connectivity index (χ4n) is 3.15. The third kappa shape index (κ3) is 2.98. The predicted octanol–water partition coefficient (Wildman–Crippen LogP) is 2.64. The van der Waals surface area contributed by atoms with Gasteiger partial charge in [-0.25, -0.2) is 0 Å². The number of hydrogen-bond donors (Lipinski definition) is 1. The molecule has 2 rings (SSSR count). The second kappa shape index (κ2) is 5.50. The van der Waals surface area contributed by atoms with E-state index in [2.05, 4.69) is 31.0 Å². The zero-order chi connectivity index (χ0) is 11.5. The molecule has 0 aromatic rings. The van der Waals surface area contributed by atoms with E-state index in [-0.39, 0.29) is 0 Å². The van der Waals surface area contributed by atoms with Crippen molar-refractivity contribution in [2.45, 2.75) is 71.0 Å². The van der Waals surface area contributed by atoms with Crippen molar-refractivity contribution < 1.29 is 0 Å². The first-order valence-electron chi connectivity index (χ1n) is 7.21. The molecule has 1 aliphatic heterocycles. The van der Waals surface area contributed by atoms with Crippen molar-refractivity contribution in [3.05, 3.63) is 0 Å². The summed E-state index contributed by atoms with van der Waals surface area (Å²) in [4.78, 5) is 2.71. The van der Waals surface area contributed by atoms with E-state index in [0.29, 0.717) is 0 Å². The number of nitrogens with zero attached hydrogens (tertiary/aromatic N) is 1. The highest BCUT2D eigenvalue weighted by atomic mass is 15.2. The third-order valence-electron chi connectivity index (χ3n) is 4.59. The van der Waals surface area contributed by atoms with Gasteiger partial charge < -0.3 is 5.32 Å². The molecule has 0 radical (unpaired) electrons. The lowest BCUT2D eigenvalue weighted by molar-refractivity contribution is 0.196. The molecular formula is C14H28N2. The van der Waals surface area contributed by atoms with Crippen LogP contribution >= 0.6 is 0 Å². The van der Waals surface area contributed by atoms with E-state index in [4.69, 9.17) is 0 Å². The van der Waals surface area contributed by atoms with Crippen molar-refractivity contribution in [3.8, 4) is 0 Å². The summed E-state index contributed by atoms with van der Waals surface area (Å²) >= 11 is 0. The van der Waals surface area contributed by atoms with Crippen molar-refractivity contribution in [2.75, 3.05) is 13.1 Å². The SMILES string of the molecule is CCC1CCC(C)N1CCNC(C)C1CC1. The van der Waals surface area contributed by atoms with Gasteiger partial charge in [0, 0.05) is 31.2 Å². The molecule has 1 aliphatic carbocycles. The lowest BCUT2D eigenvalue weighted by Crippen LogP contribution is -2.41. The van der Waals surface area contributed by atoms with Gasteiger partial charge in [0.25, 0.3) is 0 Å². The van der Waals surface area contributed by atoms with Crippen molar-refractivity contribution in [1.82, 2.24) is 10.2 Å². The molecule has 3 atom stereocenters. The smallest absolute Gasteiger partial charge is 0.0113 e. The molecule has 1 heterocycles. The zero-order valence-corrected chi connectivity index (χ0v) is 11.2. The van der Waals surface area contributed by atoms with E-state index in [1.807, 2.05) is 0 Å². The molecule has 0 aromatic heterocycles. The van der Waals surface area contributed by atoms with Gasteiger partial charge in [-0.05, 0) is 51.9 Å². The first-order chi connectivity index (χ1) is 7.72. The standard InChI is InChI=1S/C14H28N2/c1-4-14-8-5-11(2)16(14)10-9-15-12(3)13-6-7-13/h11-15H,4-10H2,1-3H3. The van der Waals surface area contributed by atoms with E-state index in [0.717, 1.165) is 24.0 Å². The Balaban J connectivity index is 1.67. The van der Waals surface area contributed by atoms with Gasteiger partial charge in [-0.3, -0.25) is 4.90 Å². The molecule has 2 heteroatoms. The van der Waals surface area contributed by atoms with Crippen LogP contribution in [-0.2, 0) is 0 Å². The largest absolute Gasteiger partial charge is 0.313 e. The summed E-state index contributed by atoms with van der Waals surface area (Å²) in [5, 5.41) is 3.69. The first kappa shape index (κ1) is 12.4. The van der Waals surface area contributed by atoms with Crippen LogP contribution in [0.15, 0.2) is 0 Å². The van der Waals surface area contributed by atoms with Crippen LogP contribution in [0.3, 0.4) is 0 Å².